The molecule has 0 atom stereocenters. The van der Waals surface area contributed by atoms with Crippen molar-refractivity contribution in [1.82, 2.24) is 0 Å². The summed E-state index contributed by atoms with van der Waals surface area (Å²) in [6.07, 6.45) is 10.9. The molecule has 2 nitrogen and oxygen atoms in total. The van der Waals surface area contributed by atoms with Gasteiger partial charge in [0, 0.05) is 50.4 Å². The predicted molar refractivity (Wildman–Crippen MR) is 328 cm³/mol. The molecule has 10 aromatic carbocycles. The Morgan fingerprint density at radius 2 is 0.506 bits per heavy atom. The Kier molecular flexibility index (Phi) is 12.5. The molecule has 81 heavy (non-hydrogen) atoms. The maximum Gasteiger partial charge on any atom is 0.123 e. The van der Waals surface area contributed by atoms with Crippen molar-refractivity contribution in [2.45, 2.75) is 70.6 Å². The third-order valence-corrected chi connectivity index (χ3v) is 17.8. The van der Waals surface area contributed by atoms with Gasteiger partial charge in [0.05, 0.1) is 0 Å². The first kappa shape index (κ1) is 51.4. The fraction of sp³-hybridized carbons (Fsp3) is 0.147. The van der Waals surface area contributed by atoms with Crippen LogP contribution in [-0.2, 0) is 16.2 Å². The third kappa shape index (κ3) is 8.71. The zero-order chi connectivity index (χ0) is 56.0. The van der Waals surface area contributed by atoms with Gasteiger partial charge in [0.2, 0.25) is 0 Å². The maximum absolute atomic E-state index is 14.1. The standard InChI is InChI=1S/C75H60F4N2/c1-7-75(8-2)71-43-49(11-9-47-13-35-61-63-39-33-59(45-69(63)73(3,4)67(61)41-47)80(55-25-17-51(76)18-26-55)56-27-19-52(77)20-28-56)15-37-65(71)66-38-16-50(44-72(66)75)12-10-48-14-36-62-64-40-34-60(46-70(64)74(5,6)68(62)42-48)81(57-29-21-53(78)22-30-57)58-31-23-54(79)24-32-58/h9-46H,7-8H2,1-6H3. The lowest BCUT2D eigenvalue weighted by molar-refractivity contribution is 0.490. The molecule has 0 saturated heterocycles. The summed E-state index contributed by atoms with van der Waals surface area (Å²) in [5, 5.41) is 0. The first-order valence-electron chi connectivity index (χ1n) is 28.0. The highest BCUT2D eigenvalue weighted by atomic mass is 19.1. The van der Waals surface area contributed by atoms with Gasteiger partial charge < -0.3 is 9.80 Å². The quantitative estimate of drug-likeness (QED) is 0.0889. The molecule has 0 amide bonds. The molecule has 0 aliphatic heterocycles. The smallest absolute Gasteiger partial charge is 0.123 e. The van der Waals surface area contributed by atoms with Crippen LogP contribution in [0.5, 0.6) is 0 Å². The highest BCUT2D eigenvalue weighted by Gasteiger charge is 2.41. The minimum atomic E-state index is -0.312. The summed E-state index contributed by atoms with van der Waals surface area (Å²) >= 11 is 0. The van der Waals surface area contributed by atoms with Crippen LogP contribution in [0.2, 0.25) is 0 Å². The van der Waals surface area contributed by atoms with E-state index in [0.29, 0.717) is 0 Å². The lowest BCUT2D eigenvalue weighted by atomic mass is 9.73. The van der Waals surface area contributed by atoms with Gasteiger partial charge in [-0.05, 0) is 223 Å². The first-order chi connectivity index (χ1) is 39.1. The number of nitrogens with zero attached hydrogens (tertiary/aromatic N) is 2. The third-order valence-electron chi connectivity index (χ3n) is 17.8. The van der Waals surface area contributed by atoms with Gasteiger partial charge in [-0.15, -0.1) is 0 Å². The molecule has 13 rings (SSSR count). The zero-order valence-electron chi connectivity index (χ0n) is 46.3. The summed E-state index contributed by atoms with van der Waals surface area (Å²) in [5.74, 6) is -1.25. The lowest BCUT2D eigenvalue weighted by Gasteiger charge is -2.30. The molecule has 0 unspecified atom stereocenters. The number of hydrogen-bond acceptors (Lipinski definition) is 2. The molecule has 3 aliphatic rings. The Morgan fingerprint density at radius 1 is 0.284 bits per heavy atom. The van der Waals surface area contributed by atoms with Gasteiger partial charge in [-0.3, -0.25) is 0 Å². The average molecular weight is 1070 g/mol. The van der Waals surface area contributed by atoms with E-state index in [0.717, 1.165) is 58.1 Å². The summed E-state index contributed by atoms with van der Waals surface area (Å²) in [5.41, 5.74) is 23.9. The van der Waals surface area contributed by atoms with E-state index in [1.807, 2.05) is 9.80 Å². The van der Waals surface area contributed by atoms with Crippen molar-refractivity contribution in [3.63, 3.8) is 0 Å². The van der Waals surface area contributed by atoms with Gasteiger partial charge in [-0.2, -0.15) is 0 Å². The Hall–Kier alpha value is -9.00. The first-order valence-corrected chi connectivity index (χ1v) is 28.0. The van der Waals surface area contributed by atoms with Crippen molar-refractivity contribution in [1.29, 1.82) is 0 Å². The van der Waals surface area contributed by atoms with Crippen molar-refractivity contribution in [2.24, 2.45) is 0 Å². The maximum atomic E-state index is 14.1. The Bertz CT molecular complexity index is 3810. The normalized spacial score (nSPS) is 14.6. The van der Waals surface area contributed by atoms with Crippen LogP contribution in [0, 0.1) is 23.3 Å². The monoisotopic (exact) mass is 1060 g/mol. The minimum Gasteiger partial charge on any atom is -0.310 e. The second kappa shape index (κ2) is 19.7. The SMILES string of the molecule is CCC1(CC)c2cc(C=Cc3ccc4c(c3)C(C)(C)c3cc(N(c5ccc(F)cc5)c5ccc(F)cc5)ccc3-4)ccc2-c2ccc(C=Cc3ccc4c(c3)C(C)(C)c3cc(N(c5ccc(F)cc5)c5ccc(F)cc5)ccc3-4)cc21. The average Bonchev–Trinajstić information content (AvgIpc) is 3.99. The molecular weight excluding hydrogens is 1000 g/mol. The molecular formula is C75H60F4N2. The van der Waals surface area contributed by atoms with Crippen LogP contribution in [0.4, 0.5) is 51.7 Å². The highest BCUT2D eigenvalue weighted by molar-refractivity contribution is 5.90. The van der Waals surface area contributed by atoms with Gasteiger partial charge in [0.1, 0.15) is 23.3 Å². The lowest BCUT2D eigenvalue weighted by Crippen LogP contribution is -2.23. The van der Waals surface area contributed by atoms with E-state index >= 15 is 0 Å². The van der Waals surface area contributed by atoms with Crippen molar-refractivity contribution in [3.8, 4) is 33.4 Å². The van der Waals surface area contributed by atoms with Crippen LogP contribution in [-0.4, -0.2) is 0 Å². The fourth-order valence-electron chi connectivity index (χ4n) is 13.4. The molecule has 0 saturated carbocycles. The van der Waals surface area contributed by atoms with E-state index in [2.05, 4.69) is 175 Å². The molecule has 3 aliphatic carbocycles. The molecule has 6 heteroatoms. The predicted octanol–water partition coefficient (Wildman–Crippen LogP) is 21.2. The molecule has 0 fully saturated rings. The van der Waals surface area contributed by atoms with Crippen LogP contribution >= 0.6 is 0 Å². The second-order valence-electron chi connectivity index (χ2n) is 23.0. The second-order valence-corrected chi connectivity index (χ2v) is 23.0. The van der Waals surface area contributed by atoms with Crippen LogP contribution in [0.1, 0.15) is 110 Å². The molecule has 0 bridgehead atoms. The Morgan fingerprint density at radius 3 is 0.778 bits per heavy atom. The van der Waals surface area contributed by atoms with Gasteiger partial charge in [-0.1, -0.05) is 151 Å². The number of fused-ring (bicyclic) bond motifs is 9. The largest absolute Gasteiger partial charge is 0.310 e. The van der Waals surface area contributed by atoms with Gasteiger partial charge in [-0.25, -0.2) is 17.6 Å². The number of hydrogen-bond donors (Lipinski definition) is 0. The van der Waals surface area contributed by atoms with E-state index in [1.54, 1.807) is 48.5 Å². The van der Waals surface area contributed by atoms with E-state index in [1.165, 1.54) is 126 Å². The van der Waals surface area contributed by atoms with Gasteiger partial charge in [0.25, 0.3) is 0 Å². The summed E-state index contributed by atoms with van der Waals surface area (Å²) in [4.78, 5) is 4.09. The number of anilines is 6. The molecule has 10 aromatic rings. The summed E-state index contributed by atoms with van der Waals surface area (Å²) in [6, 6.07) is 66.2. The summed E-state index contributed by atoms with van der Waals surface area (Å²) in [7, 11) is 0. The topological polar surface area (TPSA) is 6.48 Å². The molecule has 0 radical (unpaired) electrons. The van der Waals surface area contributed by atoms with Crippen LogP contribution in [0.15, 0.2) is 206 Å². The number of halogens is 4. The fourth-order valence-corrected chi connectivity index (χ4v) is 13.4. The van der Waals surface area contributed by atoms with Crippen LogP contribution in [0.25, 0.3) is 57.7 Å². The zero-order valence-corrected chi connectivity index (χ0v) is 46.3. The van der Waals surface area contributed by atoms with Crippen molar-refractivity contribution in [3.05, 3.63) is 285 Å². The van der Waals surface area contributed by atoms with E-state index in [4.69, 9.17) is 0 Å². The van der Waals surface area contributed by atoms with E-state index in [9.17, 15) is 17.6 Å². The highest BCUT2D eigenvalue weighted by Crippen LogP contribution is 2.55. The molecule has 0 N–H and O–H groups in total. The molecule has 398 valence electrons. The number of benzene rings is 10. The molecule has 0 heterocycles. The Labute approximate surface area is 472 Å². The van der Waals surface area contributed by atoms with Crippen LogP contribution < -0.4 is 9.80 Å². The van der Waals surface area contributed by atoms with E-state index in [-0.39, 0.29) is 39.5 Å². The number of rotatable bonds is 12. The molecule has 0 spiro atoms. The van der Waals surface area contributed by atoms with Gasteiger partial charge >= 0.3 is 0 Å². The van der Waals surface area contributed by atoms with Gasteiger partial charge in [0.15, 0.2) is 0 Å². The Balaban J connectivity index is 0.747. The van der Waals surface area contributed by atoms with Crippen LogP contribution in [0.3, 0.4) is 0 Å². The van der Waals surface area contributed by atoms with Crippen molar-refractivity contribution < 1.29 is 17.6 Å². The molecule has 0 aromatic heterocycles. The van der Waals surface area contributed by atoms with Crippen molar-refractivity contribution in [2.75, 3.05) is 9.80 Å². The summed E-state index contributed by atoms with van der Waals surface area (Å²) in [6.45, 7) is 13.7. The minimum absolute atomic E-state index is 0.130. The van der Waals surface area contributed by atoms with E-state index < -0.39 is 0 Å². The van der Waals surface area contributed by atoms with Crippen molar-refractivity contribution >= 4 is 58.4 Å². The summed E-state index contributed by atoms with van der Waals surface area (Å²) < 4.78 is 56.5.